The average molecular weight is 295 g/mol. The molecule has 2 aliphatic rings. The summed E-state index contributed by atoms with van der Waals surface area (Å²) in [5.74, 6) is 0.910. The maximum absolute atomic E-state index is 13.1. The van der Waals surface area contributed by atoms with Crippen molar-refractivity contribution < 1.29 is 4.79 Å². The van der Waals surface area contributed by atoms with E-state index in [1.165, 1.54) is 0 Å². The lowest BCUT2D eigenvalue weighted by Crippen LogP contribution is -2.54. The van der Waals surface area contributed by atoms with Crippen molar-refractivity contribution in [3.8, 4) is 0 Å². The van der Waals surface area contributed by atoms with E-state index < -0.39 is 0 Å². The van der Waals surface area contributed by atoms with Gasteiger partial charge in [0.15, 0.2) is 0 Å². The summed E-state index contributed by atoms with van der Waals surface area (Å²) in [7, 11) is 4.18. The van der Waals surface area contributed by atoms with Crippen LogP contribution in [0.15, 0.2) is 0 Å². The lowest BCUT2D eigenvalue weighted by molar-refractivity contribution is -0.144. The number of carbonyl (C=O) groups is 1. The zero-order chi connectivity index (χ0) is 15.8. The van der Waals surface area contributed by atoms with Crippen LogP contribution in [0.25, 0.3) is 0 Å². The van der Waals surface area contributed by atoms with Gasteiger partial charge in [0.1, 0.15) is 0 Å². The lowest BCUT2D eigenvalue weighted by Gasteiger charge is -2.47. The van der Waals surface area contributed by atoms with Crippen LogP contribution in [0.2, 0.25) is 0 Å². The highest BCUT2D eigenvalue weighted by Crippen LogP contribution is 2.45. The molecule has 0 aromatic carbocycles. The van der Waals surface area contributed by atoms with Gasteiger partial charge in [-0.25, -0.2) is 0 Å². The summed E-state index contributed by atoms with van der Waals surface area (Å²) in [6.45, 7) is 8.59. The van der Waals surface area contributed by atoms with E-state index >= 15 is 0 Å². The van der Waals surface area contributed by atoms with Crippen LogP contribution in [0.5, 0.6) is 0 Å². The molecule has 4 nitrogen and oxygen atoms in total. The lowest BCUT2D eigenvalue weighted by atomic mass is 9.60. The zero-order valence-corrected chi connectivity index (χ0v) is 14.4. The fourth-order valence-corrected chi connectivity index (χ4v) is 4.23. The van der Waals surface area contributed by atoms with Crippen LogP contribution < -0.4 is 5.73 Å². The van der Waals surface area contributed by atoms with E-state index in [9.17, 15) is 4.79 Å². The SMILES string of the molecule is CC1C(N)CCC(C(=O)N2CCCC2CN(C)C)C1(C)C. The van der Waals surface area contributed by atoms with Gasteiger partial charge in [0.2, 0.25) is 5.91 Å². The Labute approximate surface area is 130 Å². The van der Waals surface area contributed by atoms with Gasteiger partial charge in [0.05, 0.1) is 0 Å². The largest absolute Gasteiger partial charge is 0.338 e. The molecule has 0 aromatic rings. The monoisotopic (exact) mass is 295 g/mol. The third-order valence-electron chi connectivity index (χ3n) is 6.04. The Morgan fingerprint density at radius 3 is 2.57 bits per heavy atom. The van der Waals surface area contributed by atoms with Crippen LogP contribution in [-0.4, -0.2) is 55.0 Å². The number of amides is 1. The predicted octanol–water partition coefficient (Wildman–Crippen LogP) is 1.94. The van der Waals surface area contributed by atoms with Crippen molar-refractivity contribution in [3.05, 3.63) is 0 Å². The summed E-state index contributed by atoms with van der Waals surface area (Å²) in [5.41, 5.74) is 6.23. The molecule has 1 amide bonds. The van der Waals surface area contributed by atoms with E-state index in [0.717, 1.165) is 38.8 Å². The van der Waals surface area contributed by atoms with E-state index in [0.29, 0.717) is 17.9 Å². The molecule has 4 heteroatoms. The number of rotatable bonds is 3. The summed E-state index contributed by atoms with van der Waals surface area (Å²) in [6.07, 6.45) is 4.22. The van der Waals surface area contributed by atoms with Gasteiger partial charge in [-0.3, -0.25) is 4.79 Å². The summed E-state index contributed by atoms with van der Waals surface area (Å²) >= 11 is 0. The number of likely N-dealkylation sites (N-methyl/N-ethyl adjacent to an activating group) is 1. The highest BCUT2D eigenvalue weighted by atomic mass is 16.2. The van der Waals surface area contributed by atoms with Crippen molar-refractivity contribution in [1.82, 2.24) is 9.80 Å². The van der Waals surface area contributed by atoms with Gasteiger partial charge >= 0.3 is 0 Å². The van der Waals surface area contributed by atoms with Gasteiger partial charge in [-0.1, -0.05) is 20.8 Å². The topological polar surface area (TPSA) is 49.6 Å². The van der Waals surface area contributed by atoms with Crippen molar-refractivity contribution in [2.24, 2.45) is 23.0 Å². The van der Waals surface area contributed by atoms with Crippen LogP contribution in [-0.2, 0) is 4.79 Å². The van der Waals surface area contributed by atoms with E-state index in [-0.39, 0.29) is 17.4 Å². The molecule has 0 spiro atoms. The standard InChI is InChI=1S/C17H33N3O/c1-12-15(18)9-8-14(17(12,2)3)16(21)20-10-6-7-13(20)11-19(4)5/h12-15H,6-11,18H2,1-5H3. The van der Waals surface area contributed by atoms with Crippen LogP contribution in [0.1, 0.15) is 46.5 Å². The predicted molar refractivity (Wildman–Crippen MR) is 86.9 cm³/mol. The Bertz CT molecular complexity index is 380. The molecule has 21 heavy (non-hydrogen) atoms. The van der Waals surface area contributed by atoms with E-state index in [4.69, 9.17) is 5.73 Å². The molecule has 122 valence electrons. The smallest absolute Gasteiger partial charge is 0.226 e. The molecule has 4 unspecified atom stereocenters. The molecular weight excluding hydrogens is 262 g/mol. The van der Waals surface area contributed by atoms with Gasteiger partial charge in [0, 0.05) is 31.1 Å². The Balaban J connectivity index is 2.11. The first-order chi connectivity index (χ1) is 9.75. The third kappa shape index (κ3) is 3.26. The molecule has 2 N–H and O–H groups in total. The normalized spacial score (nSPS) is 36.2. The Morgan fingerprint density at radius 1 is 1.29 bits per heavy atom. The Kier molecular flexibility index (Phi) is 4.99. The quantitative estimate of drug-likeness (QED) is 0.865. The molecule has 1 aliphatic carbocycles. The molecule has 1 heterocycles. The summed E-state index contributed by atoms with van der Waals surface area (Å²) < 4.78 is 0. The summed E-state index contributed by atoms with van der Waals surface area (Å²) in [5, 5.41) is 0. The average Bonchev–Trinajstić information content (AvgIpc) is 2.83. The van der Waals surface area contributed by atoms with E-state index in [2.05, 4.69) is 44.7 Å². The second kappa shape index (κ2) is 6.25. The Morgan fingerprint density at radius 2 is 1.95 bits per heavy atom. The van der Waals surface area contributed by atoms with Crippen LogP contribution >= 0.6 is 0 Å². The number of hydrogen-bond acceptors (Lipinski definition) is 3. The van der Waals surface area contributed by atoms with Gasteiger partial charge in [-0.15, -0.1) is 0 Å². The zero-order valence-electron chi connectivity index (χ0n) is 14.4. The highest BCUT2D eigenvalue weighted by Gasteiger charge is 2.47. The van der Waals surface area contributed by atoms with Crippen molar-refractivity contribution >= 4 is 5.91 Å². The van der Waals surface area contributed by atoms with Crippen molar-refractivity contribution in [2.75, 3.05) is 27.2 Å². The first-order valence-electron chi connectivity index (χ1n) is 8.46. The van der Waals surface area contributed by atoms with Gasteiger partial charge < -0.3 is 15.5 Å². The highest BCUT2D eigenvalue weighted by molar-refractivity contribution is 5.80. The molecule has 1 aliphatic heterocycles. The molecule has 2 rings (SSSR count). The fourth-order valence-electron chi connectivity index (χ4n) is 4.23. The minimum Gasteiger partial charge on any atom is -0.338 e. The van der Waals surface area contributed by atoms with Crippen molar-refractivity contribution in [2.45, 2.75) is 58.5 Å². The van der Waals surface area contributed by atoms with Crippen LogP contribution in [0.3, 0.4) is 0 Å². The second-order valence-electron chi connectivity index (χ2n) is 7.99. The molecule has 4 atom stereocenters. The minimum atomic E-state index is 0.00000638. The van der Waals surface area contributed by atoms with Crippen LogP contribution in [0.4, 0.5) is 0 Å². The van der Waals surface area contributed by atoms with Crippen molar-refractivity contribution in [3.63, 3.8) is 0 Å². The van der Waals surface area contributed by atoms with Gasteiger partial charge in [-0.2, -0.15) is 0 Å². The van der Waals surface area contributed by atoms with Crippen LogP contribution in [0, 0.1) is 17.3 Å². The first-order valence-corrected chi connectivity index (χ1v) is 8.46. The number of likely N-dealkylation sites (tertiary alicyclic amines) is 1. The third-order valence-corrected chi connectivity index (χ3v) is 6.04. The number of carbonyl (C=O) groups excluding carboxylic acids is 1. The van der Waals surface area contributed by atoms with E-state index in [1.807, 2.05) is 0 Å². The number of nitrogens with zero attached hydrogens (tertiary/aromatic N) is 2. The number of hydrogen-bond donors (Lipinski definition) is 1. The van der Waals surface area contributed by atoms with Gasteiger partial charge in [-0.05, 0) is 51.1 Å². The van der Waals surface area contributed by atoms with Crippen molar-refractivity contribution in [1.29, 1.82) is 0 Å². The van der Waals surface area contributed by atoms with Gasteiger partial charge in [0.25, 0.3) is 0 Å². The molecule has 0 aromatic heterocycles. The molecule has 0 radical (unpaired) electrons. The molecule has 1 saturated heterocycles. The summed E-state index contributed by atoms with van der Waals surface area (Å²) in [6, 6.07) is 0.634. The fraction of sp³-hybridized carbons (Fsp3) is 0.941. The summed E-state index contributed by atoms with van der Waals surface area (Å²) in [4.78, 5) is 17.5. The molecular formula is C17H33N3O. The molecule has 2 fully saturated rings. The maximum atomic E-state index is 13.1. The maximum Gasteiger partial charge on any atom is 0.226 e. The first kappa shape index (κ1) is 16.8. The second-order valence-corrected chi connectivity index (χ2v) is 7.99. The molecule has 0 bridgehead atoms. The molecule has 1 saturated carbocycles. The Hall–Kier alpha value is -0.610. The number of nitrogens with two attached hydrogens (primary N) is 1. The van der Waals surface area contributed by atoms with E-state index in [1.54, 1.807) is 0 Å². The minimum absolute atomic E-state index is 0.00000638.